The van der Waals surface area contributed by atoms with Gasteiger partial charge in [0.15, 0.2) is 11.5 Å². The van der Waals surface area contributed by atoms with Crippen LogP contribution in [0.2, 0.25) is 0 Å². The minimum Gasteiger partial charge on any atom is -0.493 e. The summed E-state index contributed by atoms with van der Waals surface area (Å²) >= 11 is 5.31. The van der Waals surface area contributed by atoms with E-state index in [-0.39, 0.29) is 5.57 Å². The topological polar surface area (TPSA) is 88.4 Å². The maximum atomic E-state index is 12.4. The van der Waals surface area contributed by atoms with Crippen LogP contribution in [0.1, 0.15) is 12.5 Å². The van der Waals surface area contributed by atoms with E-state index >= 15 is 0 Å². The molecule has 138 valence electrons. The van der Waals surface area contributed by atoms with Gasteiger partial charge in [-0.25, -0.2) is 0 Å². The molecule has 1 N–H and O–H groups in total. The number of ether oxygens (including phenoxy) is 2. The summed E-state index contributed by atoms with van der Waals surface area (Å²) in [6.07, 6.45) is 1.44. The highest BCUT2D eigenvalue weighted by Crippen LogP contribution is 2.34. The fraction of sp³-hybridized carbons (Fsp3) is 0.105. The maximum absolute atomic E-state index is 12.4. The summed E-state index contributed by atoms with van der Waals surface area (Å²) in [5, 5.41) is 12.0. The van der Waals surface area contributed by atoms with Crippen LogP contribution >= 0.6 is 38.5 Å². The standard InChI is InChI=1S/C19H14BrIN2O4/c1-11(24)27-18-16(21)8-12(9-17(18)26-2)7-13(10-22)19(25)23-15-5-3-14(20)4-6-15/h3-9H,1-2H3,(H,23,25)/b13-7-. The second-order valence-corrected chi connectivity index (χ2v) is 7.34. The predicted octanol–water partition coefficient (Wildman–Crippen LogP) is 4.53. The lowest BCUT2D eigenvalue weighted by atomic mass is 10.1. The van der Waals surface area contributed by atoms with E-state index in [1.165, 1.54) is 20.1 Å². The summed E-state index contributed by atoms with van der Waals surface area (Å²) in [5.41, 5.74) is 1.06. The zero-order valence-corrected chi connectivity index (χ0v) is 18.1. The first-order chi connectivity index (χ1) is 12.8. The molecule has 27 heavy (non-hydrogen) atoms. The molecular weight excluding hydrogens is 527 g/mol. The van der Waals surface area contributed by atoms with Crippen molar-refractivity contribution in [3.8, 4) is 17.6 Å². The molecule has 0 radical (unpaired) electrons. The van der Waals surface area contributed by atoms with E-state index in [0.717, 1.165) is 4.47 Å². The number of methoxy groups -OCH3 is 1. The van der Waals surface area contributed by atoms with Crippen LogP contribution in [0.3, 0.4) is 0 Å². The van der Waals surface area contributed by atoms with Gasteiger partial charge in [-0.1, -0.05) is 15.9 Å². The number of rotatable bonds is 5. The number of hydrogen-bond donors (Lipinski definition) is 1. The molecule has 2 aromatic carbocycles. The largest absolute Gasteiger partial charge is 0.493 e. The van der Waals surface area contributed by atoms with Gasteiger partial charge in [-0.2, -0.15) is 5.26 Å². The van der Waals surface area contributed by atoms with Crippen LogP contribution in [0.15, 0.2) is 46.4 Å². The van der Waals surface area contributed by atoms with E-state index < -0.39 is 11.9 Å². The van der Waals surface area contributed by atoms with E-state index in [9.17, 15) is 14.9 Å². The molecule has 0 fully saturated rings. The average Bonchev–Trinajstić information content (AvgIpc) is 2.63. The molecular formula is C19H14BrIN2O4. The van der Waals surface area contributed by atoms with Crippen molar-refractivity contribution in [3.05, 3.63) is 55.6 Å². The average molecular weight is 541 g/mol. The van der Waals surface area contributed by atoms with Crippen molar-refractivity contribution >= 4 is 62.2 Å². The van der Waals surface area contributed by atoms with Gasteiger partial charge in [0, 0.05) is 17.1 Å². The van der Waals surface area contributed by atoms with Crippen LogP contribution in [0.4, 0.5) is 5.69 Å². The summed E-state index contributed by atoms with van der Waals surface area (Å²) in [4.78, 5) is 23.6. The second kappa shape index (κ2) is 9.53. The number of carbonyl (C=O) groups is 2. The van der Waals surface area contributed by atoms with E-state index in [4.69, 9.17) is 9.47 Å². The van der Waals surface area contributed by atoms with Crippen LogP contribution in [0.5, 0.6) is 11.5 Å². The molecule has 1 amide bonds. The van der Waals surface area contributed by atoms with Crippen LogP contribution in [0, 0.1) is 14.9 Å². The van der Waals surface area contributed by atoms with E-state index in [0.29, 0.717) is 26.3 Å². The minimum absolute atomic E-state index is 0.0731. The summed E-state index contributed by atoms with van der Waals surface area (Å²) < 4.78 is 11.9. The van der Waals surface area contributed by atoms with Crippen LogP contribution in [-0.2, 0) is 9.59 Å². The van der Waals surface area contributed by atoms with Gasteiger partial charge >= 0.3 is 5.97 Å². The molecule has 0 bridgehead atoms. The summed E-state index contributed by atoms with van der Waals surface area (Å²) in [7, 11) is 1.44. The van der Waals surface area contributed by atoms with E-state index in [1.807, 2.05) is 28.7 Å². The van der Waals surface area contributed by atoms with Crippen LogP contribution < -0.4 is 14.8 Å². The van der Waals surface area contributed by atoms with Crippen molar-refractivity contribution in [2.45, 2.75) is 6.92 Å². The molecule has 0 saturated heterocycles. The quantitative estimate of drug-likeness (QED) is 0.198. The highest BCUT2D eigenvalue weighted by atomic mass is 127. The number of halogens is 2. The Hall–Kier alpha value is -2.38. The number of benzene rings is 2. The second-order valence-electron chi connectivity index (χ2n) is 5.26. The van der Waals surface area contributed by atoms with Crippen molar-refractivity contribution in [1.82, 2.24) is 0 Å². The van der Waals surface area contributed by atoms with Crippen LogP contribution in [-0.4, -0.2) is 19.0 Å². The van der Waals surface area contributed by atoms with Crippen molar-refractivity contribution < 1.29 is 19.1 Å². The SMILES string of the molecule is COc1cc(/C=C(/C#N)C(=O)Nc2ccc(Br)cc2)cc(I)c1OC(C)=O. The Labute approximate surface area is 178 Å². The fourth-order valence-electron chi connectivity index (χ4n) is 2.11. The molecule has 0 atom stereocenters. The van der Waals surface area contributed by atoms with Crippen molar-refractivity contribution in [2.75, 3.05) is 12.4 Å². The first-order valence-electron chi connectivity index (χ1n) is 7.58. The van der Waals surface area contributed by atoms with Crippen molar-refractivity contribution in [1.29, 1.82) is 5.26 Å². The molecule has 0 unspecified atom stereocenters. The molecule has 0 spiro atoms. The summed E-state index contributed by atoms with van der Waals surface area (Å²) in [6, 6.07) is 12.2. The van der Waals surface area contributed by atoms with Gasteiger partial charge in [0.05, 0.1) is 10.7 Å². The first kappa shape index (κ1) is 20.9. The Morgan fingerprint density at radius 1 is 1.26 bits per heavy atom. The normalized spacial score (nSPS) is 10.7. The van der Waals surface area contributed by atoms with E-state index in [1.54, 1.807) is 36.4 Å². The maximum Gasteiger partial charge on any atom is 0.308 e. The zero-order chi connectivity index (χ0) is 20.0. The van der Waals surface area contributed by atoms with Gasteiger partial charge in [-0.3, -0.25) is 9.59 Å². The highest BCUT2D eigenvalue weighted by Gasteiger charge is 2.15. The molecule has 0 aliphatic rings. The van der Waals surface area contributed by atoms with Gasteiger partial charge in [0.25, 0.3) is 5.91 Å². The Balaban J connectivity index is 2.32. The monoisotopic (exact) mass is 540 g/mol. The van der Waals surface area contributed by atoms with Gasteiger partial charge in [0.1, 0.15) is 11.6 Å². The Morgan fingerprint density at radius 3 is 2.48 bits per heavy atom. The van der Waals surface area contributed by atoms with Gasteiger partial charge in [-0.05, 0) is 70.6 Å². The Kier molecular flexibility index (Phi) is 7.38. The number of nitrogens with zero attached hydrogens (tertiary/aromatic N) is 1. The number of amides is 1. The van der Waals surface area contributed by atoms with Crippen LogP contribution in [0.25, 0.3) is 6.08 Å². The molecule has 0 aliphatic heterocycles. The Morgan fingerprint density at radius 2 is 1.93 bits per heavy atom. The number of nitrogens with one attached hydrogen (secondary N) is 1. The number of esters is 1. The molecule has 2 aromatic rings. The fourth-order valence-corrected chi connectivity index (χ4v) is 3.11. The summed E-state index contributed by atoms with van der Waals surface area (Å²) in [5.74, 6) is -0.381. The highest BCUT2D eigenvalue weighted by molar-refractivity contribution is 14.1. The minimum atomic E-state index is -0.530. The van der Waals surface area contributed by atoms with Gasteiger partial charge in [0.2, 0.25) is 0 Å². The molecule has 0 saturated carbocycles. The number of nitriles is 1. The molecule has 8 heteroatoms. The third-order valence-corrected chi connectivity index (χ3v) is 4.61. The van der Waals surface area contributed by atoms with E-state index in [2.05, 4.69) is 21.2 Å². The molecule has 6 nitrogen and oxygen atoms in total. The molecule has 2 rings (SSSR count). The molecule has 0 heterocycles. The lowest BCUT2D eigenvalue weighted by Gasteiger charge is -2.11. The van der Waals surface area contributed by atoms with Crippen molar-refractivity contribution in [3.63, 3.8) is 0 Å². The number of hydrogen-bond acceptors (Lipinski definition) is 5. The number of carbonyl (C=O) groups excluding carboxylic acids is 2. The predicted molar refractivity (Wildman–Crippen MR) is 113 cm³/mol. The third-order valence-electron chi connectivity index (χ3n) is 3.28. The lowest BCUT2D eigenvalue weighted by Crippen LogP contribution is -2.13. The number of anilines is 1. The molecule has 0 aromatic heterocycles. The van der Waals surface area contributed by atoms with Gasteiger partial charge in [-0.15, -0.1) is 0 Å². The zero-order valence-electron chi connectivity index (χ0n) is 14.4. The van der Waals surface area contributed by atoms with Gasteiger partial charge < -0.3 is 14.8 Å². The smallest absolute Gasteiger partial charge is 0.308 e. The summed E-state index contributed by atoms with van der Waals surface area (Å²) in [6.45, 7) is 1.30. The van der Waals surface area contributed by atoms with Crippen molar-refractivity contribution in [2.24, 2.45) is 0 Å². The first-order valence-corrected chi connectivity index (χ1v) is 9.46. The lowest BCUT2D eigenvalue weighted by molar-refractivity contribution is -0.132. The molecule has 0 aliphatic carbocycles. The third kappa shape index (κ3) is 5.80. The Bertz CT molecular complexity index is 949.